The molecule has 27 heavy (non-hydrogen) atoms. The fraction of sp³-hybridized carbons (Fsp3) is 0.100. The molecule has 0 aliphatic heterocycles. The van der Waals surface area contributed by atoms with Crippen molar-refractivity contribution in [2.45, 2.75) is 13.1 Å². The lowest BCUT2D eigenvalue weighted by molar-refractivity contribution is 0.0950. The van der Waals surface area contributed by atoms with Crippen LogP contribution in [0.15, 0.2) is 79.8 Å². The molecule has 4 aromatic rings. The van der Waals surface area contributed by atoms with Crippen molar-refractivity contribution in [1.29, 1.82) is 0 Å². The average molecular weight is 358 g/mol. The van der Waals surface area contributed by atoms with Gasteiger partial charge in [-0.1, -0.05) is 30.3 Å². The first-order chi connectivity index (χ1) is 13.3. The summed E-state index contributed by atoms with van der Waals surface area (Å²) in [5, 5.41) is 7.24. The molecule has 4 rings (SSSR count). The highest BCUT2D eigenvalue weighted by atomic mass is 16.1. The van der Waals surface area contributed by atoms with Crippen molar-refractivity contribution in [3.8, 4) is 5.82 Å². The van der Waals surface area contributed by atoms with Gasteiger partial charge in [-0.2, -0.15) is 5.10 Å². The normalized spacial score (nSPS) is 10.7. The van der Waals surface area contributed by atoms with E-state index in [0.29, 0.717) is 24.5 Å². The van der Waals surface area contributed by atoms with E-state index in [1.54, 1.807) is 47.8 Å². The molecule has 0 spiro atoms. The molecule has 0 aliphatic rings. The van der Waals surface area contributed by atoms with Gasteiger partial charge in [-0.3, -0.25) is 14.0 Å². The van der Waals surface area contributed by atoms with Gasteiger partial charge in [0.2, 0.25) is 0 Å². The molecule has 0 atom stereocenters. The highest BCUT2D eigenvalue weighted by Gasteiger charge is 2.08. The zero-order valence-corrected chi connectivity index (χ0v) is 14.6. The Bertz CT molecular complexity index is 1010. The number of carbonyl (C=O) groups is 1. The highest BCUT2D eigenvalue weighted by Crippen LogP contribution is 2.07. The summed E-state index contributed by atoms with van der Waals surface area (Å²) in [7, 11) is 0. The number of nitrogens with zero attached hydrogens (tertiary/aromatic N) is 5. The lowest BCUT2D eigenvalue weighted by Gasteiger charge is -2.05. The number of imidazole rings is 1. The SMILES string of the molecule is O=C(NCc1cnn(Cc2ccccc2)c1)c1ccc(-n2ccnc2)nc1. The van der Waals surface area contributed by atoms with Crippen molar-refractivity contribution in [2.75, 3.05) is 0 Å². The third kappa shape index (κ3) is 4.09. The van der Waals surface area contributed by atoms with Crippen LogP contribution in [0, 0.1) is 0 Å². The number of carbonyl (C=O) groups excluding carboxylic acids is 1. The Kier molecular flexibility index (Phi) is 4.74. The number of hydrogen-bond donors (Lipinski definition) is 1. The Hall–Kier alpha value is -3.74. The number of nitrogens with one attached hydrogen (secondary N) is 1. The van der Waals surface area contributed by atoms with Gasteiger partial charge in [-0.25, -0.2) is 9.97 Å². The number of benzene rings is 1. The molecule has 134 valence electrons. The second-order valence-electron chi connectivity index (χ2n) is 6.09. The lowest BCUT2D eigenvalue weighted by atomic mass is 10.2. The third-order valence-electron chi connectivity index (χ3n) is 4.11. The fourth-order valence-electron chi connectivity index (χ4n) is 2.71. The van der Waals surface area contributed by atoms with Crippen molar-refractivity contribution in [3.05, 3.63) is 96.5 Å². The van der Waals surface area contributed by atoms with Crippen LogP contribution >= 0.6 is 0 Å². The third-order valence-corrected chi connectivity index (χ3v) is 4.11. The Morgan fingerprint density at radius 1 is 1.04 bits per heavy atom. The first kappa shape index (κ1) is 16.7. The van der Waals surface area contributed by atoms with E-state index >= 15 is 0 Å². The van der Waals surface area contributed by atoms with Gasteiger partial charge in [0.05, 0.1) is 18.3 Å². The molecule has 1 amide bonds. The largest absolute Gasteiger partial charge is 0.348 e. The van der Waals surface area contributed by atoms with Crippen LogP contribution in [0.25, 0.3) is 5.82 Å². The van der Waals surface area contributed by atoms with Gasteiger partial charge in [0.25, 0.3) is 5.91 Å². The lowest BCUT2D eigenvalue weighted by Crippen LogP contribution is -2.22. The summed E-state index contributed by atoms with van der Waals surface area (Å²) in [6.45, 7) is 1.12. The molecule has 1 N–H and O–H groups in total. The molecule has 0 aliphatic carbocycles. The maximum absolute atomic E-state index is 12.3. The zero-order valence-electron chi connectivity index (χ0n) is 14.6. The van der Waals surface area contributed by atoms with Gasteiger partial charge in [-0.05, 0) is 17.7 Å². The van der Waals surface area contributed by atoms with Gasteiger partial charge < -0.3 is 5.32 Å². The first-order valence-electron chi connectivity index (χ1n) is 8.56. The highest BCUT2D eigenvalue weighted by molar-refractivity contribution is 5.93. The number of rotatable bonds is 6. The molecular formula is C20H18N6O. The van der Waals surface area contributed by atoms with Crippen molar-refractivity contribution < 1.29 is 4.79 Å². The van der Waals surface area contributed by atoms with E-state index in [9.17, 15) is 4.79 Å². The van der Waals surface area contributed by atoms with Crippen LogP contribution in [0.1, 0.15) is 21.5 Å². The zero-order chi connectivity index (χ0) is 18.5. The topological polar surface area (TPSA) is 77.6 Å². The average Bonchev–Trinajstić information content (AvgIpc) is 3.39. The molecule has 0 unspecified atom stereocenters. The number of aromatic nitrogens is 5. The van der Waals surface area contributed by atoms with Gasteiger partial charge >= 0.3 is 0 Å². The van der Waals surface area contributed by atoms with Gasteiger partial charge in [0, 0.05) is 36.9 Å². The first-order valence-corrected chi connectivity index (χ1v) is 8.56. The van der Waals surface area contributed by atoms with Gasteiger partial charge in [0.1, 0.15) is 12.1 Å². The van der Waals surface area contributed by atoms with Crippen LogP contribution in [-0.4, -0.2) is 30.2 Å². The minimum absolute atomic E-state index is 0.171. The van der Waals surface area contributed by atoms with Gasteiger partial charge in [0.15, 0.2) is 0 Å². The van der Waals surface area contributed by atoms with Crippen LogP contribution in [-0.2, 0) is 13.1 Å². The summed E-state index contributed by atoms with van der Waals surface area (Å²) >= 11 is 0. The van der Waals surface area contributed by atoms with E-state index in [1.807, 2.05) is 29.1 Å². The van der Waals surface area contributed by atoms with Crippen LogP contribution in [0.5, 0.6) is 0 Å². The van der Waals surface area contributed by atoms with Crippen LogP contribution in [0.3, 0.4) is 0 Å². The second-order valence-corrected chi connectivity index (χ2v) is 6.09. The van der Waals surface area contributed by atoms with Crippen molar-refractivity contribution in [3.63, 3.8) is 0 Å². The van der Waals surface area contributed by atoms with Crippen molar-refractivity contribution in [2.24, 2.45) is 0 Å². The predicted molar refractivity (Wildman–Crippen MR) is 100 cm³/mol. The molecule has 0 saturated carbocycles. The molecule has 0 saturated heterocycles. The Labute approximate surface area is 156 Å². The molecule has 1 aromatic carbocycles. The molecule has 0 fully saturated rings. The maximum atomic E-state index is 12.3. The van der Waals surface area contributed by atoms with E-state index in [2.05, 4.69) is 32.5 Å². The molecule has 3 heterocycles. The predicted octanol–water partition coefficient (Wildman–Crippen LogP) is 2.44. The van der Waals surface area contributed by atoms with Crippen molar-refractivity contribution in [1.82, 2.24) is 29.6 Å². The van der Waals surface area contributed by atoms with E-state index in [1.165, 1.54) is 5.56 Å². The summed E-state index contributed by atoms with van der Waals surface area (Å²) in [4.78, 5) is 20.6. The summed E-state index contributed by atoms with van der Waals surface area (Å²) in [5.74, 6) is 0.543. The number of hydrogen-bond acceptors (Lipinski definition) is 4. The summed E-state index contributed by atoms with van der Waals surface area (Å²) < 4.78 is 3.64. The number of pyridine rings is 1. The van der Waals surface area contributed by atoms with Gasteiger partial charge in [-0.15, -0.1) is 0 Å². The summed E-state index contributed by atoms with van der Waals surface area (Å²) in [6, 6.07) is 13.7. The summed E-state index contributed by atoms with van der Waals surface area (Å²) in [5.41, 5.74) is 2.64. The monoisotopic (exact) mass is 358 g/mol. The maximum Gasteiger partial charge on any atom is 0.253 e. The molecule has 3 aromatic heterocycles. The Morgan fingerprint density at radius 3 is 2.67 bits per heavy atom. The minimum Gasteiger partial charge on any atom is -0.348 e. The smallest absolute Gasteiger partial charge is 0.253 e. The fourth-order valence-corrected chi connectivity index (χ4v) is 2.71. The minimum atomic E-state index is -0.171. The van der Waals surface area contributed by atoms with E-state index in [-0.39, 0.29) is 5.91 Å². The summed E-state index contributed by atoms with van der Waals surface area (Å²) in [6.07, 6.45) is 10.4. The Balaban J connectivity index is 1.34. The van der Waals surface area contributed by atoms with E-state index in [0.717, 1.165) is 5.56 Å². The van der Waals surface area contributed by atoms with Crippen LogP contribution in [0.2, 0.25) is 0 Å². The molecule has 0 radical (unpaired) electrons. The quantitative estimate of drug-likeness (QED) is 0.574. The standard InChI is InChI=1S/C20H18N6O/c27-20(18-6-7-19(22-12-18)25-9-8-21-15-25)23-10-17-11-24-26(14-17)13-16-4-2-1-3-5-16/h1-9,11-12,14-15H,10,13H2,(H,23,27). The molecule has 7 nitrogen and oxygen atoms in total. The van der Waals surface area contributed by atoms with Crippen LogP contribution in [0.4, 0.5) is 0 Å². The van der Waals surface area contributed by atoms with Crippen LogP contribution < -0.4 is 5.32 Å². The molecule has 0 bridgehead atoms. The van der Waals surface area contributed by atoms with Crippen molar-refractivity contribution >= 4 is 5.91 Å². The molecule has 7 heteroatoms. The Morgan fingerprint density at radius 2 is 1.93 bits per heavy atom. The molecular weight excluding hydrogens is 340 g/mol. The number of amides is 1. The van der Waals surface area contributed by atoms with E-state index in [4.69, 9.17) is 0 Å². The second kappa shape index (κ2) is 7.65. The van der Waals surface area contributed by atoms with E-state index < -0.39 is 0 Å².